The molecule has 0 aliphatic carbocycles. The van der Waals surface area contributed by atoms with Crippen LogP contribution in [0.4, 0.5) is 0 Å². The Hall–Kier alpha value is -4.77. The minimum Gasteiger partial charge on any atom is -0.423 e. The van der Waals surface area contributed by atoms with E-state index in [0.29, 0.717) is 22.3 Å². The van der Waals surface area contributed by atoms with Crippen LogP contribution >= 0.6 is 0 Å². The van der Waals surface area contributed by atoms with Crippen molar-refractivity contribution >= 4 is 46.7 Å². The van der Waals surface area contributed by atoms with Crippen LogP contribution in [-0.2, 0) is 18.6 Å². The summed E-state index contributed by atoms with van der Waals surface area (Å²) in [6.45, 7) is 16.1. The molecule has 0 atom stereocenters. The van der Waals surface area contributed by atoms with Crippen LogP contribution < -0.4 is 22.2 Å². The summed E-state index contributed by atoms with van der Waals surface area (Å²) >= 11 is 0. The van der Waals surface area contributed by atoms with Gasteiger partial charge in [0.25, 0.3) is 0 Å². The molecule has 9 nitrogen and oxygen atoms in total. The van der Waals surface area contributed by atoms with Crippen molar-refractivity contribution in [2.45, 2.75) is 77.8 Å². The second kappa shape index (κ2) is 13.9. The first-order valence-electron chi connectivity index (χ1n) is 17.5. The molecular weight excluding hydrogens is 670 g/mol. The van der Waals surface area contributed by atoms with E-state index in [-0.39, 0.29) is 16.7 Å². The molecule has 2 aromatic heterocycles. The summed E-state index contributed by atoms with van der Waals surface area (Å²) in [6.07, 6.45) is 0. The molecule has 2 N–H and O–H groups in total. The highest BCUT2D eigenvalue weighted by Crippen LogP contribution is 2.39. The quantitative estimate of drug-likeness (QED) is 0.185. The van der Waals surface area contributed by atoms with Gasteiger partial charge >= 0.3 is 25.5 Å². The fourth-order valence-electron chi connectivity index (χ4n) is 6.44. The van der Waals surface area contributed by atoms with Gasteiger partial charge in [-0.05, 0) is 78.3 Å². The fraction of sp³-hybridized carbons (Fsp3) is 0.286. The molecule has 0 unspecified atom stereocenters. The first kappa shape index (κ1) is 38.0. The van der Waals surface area contributed by atoms with E-state index in [2.05, 4.69) is 0 Å². The number of benzene rings is 4. The molecule has 0 bridgehead atoms. The van der Waals surface area contributed by atoms with Crippen molar-refractivity contribution in [3.05, 3.63) is 130 Å². The van der Waals surface area contributed by atoms with Gasteiger partial charge in [0.15, 0.2) is 0 Å². The maximum absolute atomic E-state index is 12.5. The number of hydrogen-bond acceptors (Lipinski definition) is 8. The summed E-state index contributed by atoms with van der Waals surface area (Å²) < 4.78 is 36.6. The molecule has 8 rings (SSSR count). The molecule has 6 aromatic rings. The lowest BCUT2D eigenvalue weighted by Crippen LogP contribution is -2.41. The third kappa shape index (κ3) is 6.80. The summed E-state index contributed by atoms with van der Waals surface area (Å²) in [7, 11) is -1.24. The molecule has 0 spiro atoms. The fourth-order valence-corrected chi connectivity index (χ4v) is 6.44. The van der Waals surface area contributed by atoms with Crippen LogP contribution in [0.5, 0.6) is 0 Å². The summed E-state index contributed by atoms with van der Waals surface area (Å²) in [6, 6.07) is 34.0. The standard InChI is InChI=1S/2C21H21BO4.H2O/c2*1-20(2)21(3,4)26-22(25-20)17-15-12-8-9-13-16(15)19(23)24-18(17)14-10-6-5-7-11-14;/h2*5-13H,1-4H3;1H2. The summed E-state index contributed by atoms with van der Waals surface area (Å²) in [5.74, 6) is 0.987. The molecule has 2 fully saturated rings. The number of hydrogen-bond donors (Lipinski definition) is 0. The van der Waals surface area contributed by atoms with E-state index in [4.69, 9.17) is 27.5 Å². The molecular formula is C42H44B2O9. The lowest BCUT2D eigenvalue weighted by molar-refractivity contribution is 0.00578. The Kier molecular flexibility index (Phi) is 9.96. The Morgan fingerprint density at radius 3 is 0.962 bits per heavy atom. The van der Waals surface area contributed by atoms with Crippen LogP contribution in [0.2, 0.25) is 0 Å². The van der Waals surface area contributed by atoms with Crippen LogP contribution in [0, 0.1) is 0 Å². The van der Waals surface area contributed by atoms with E-state index < -0.39 is 36.6 Å². The van der Waals surface area contributed by atoms with Crippen molar-refractivity contribution in [3.63, 3.8) is 0 Å². The second-order valence-corrected chi connectivity index (χ2v) is 15.3. The molecule has 0 saturated carbocycles. The molecule has 0 amide bonds. The topological polar surface area (TPSA) is 129 Å². The minimum atomic E-state index is -0.621. The van der Waals surface area contributed by atoms with Crippen molar-refractivity contribution in [3.8, 4) is 22.6 Å². The molecule has 4 heterocycles. The van der Waals surface area contributed by atoms with Gasteiger partial charge in [-0.2, -0.15) is 0 Å². The van der Waals surface area contributed by atoms with E-state index in [1.165, 1.54) is 0 Å². The van der Waals surface area contributed by atoms with Gasteiger partial charge < -0.3 is 32.9 Å². The molecule has 53 heavy (non-hydrogen) atoms. The highest BCUT2D eigenvalue weighted by molar-refractivity contribution is 6.67. The van der Waals surface area contributed by atoms with E-state index in [9.17, 15) is 9.59 Å². The Bertz CT molecular complexity index is 2180. The second-order valence-electron chi connectivity index (χ2n) is 15.3. The van der Waals surface area contributed by atoms with Crippen molar-refractivity contribution in [2.24, 2.45) is 0 Å². The first-order chi connectivity index (χ1) is 24.6. The third-order valence-electron chi connectivity index (χ3n) is 10.8. The van der Waals surface area contributed by atoms with Gasteiger partial charge in [0.2, 0.25) is 0 Å². The maximum atomic E-state index is 12.5. The van der Waals surface area contributed by atoms with Gasteiger partial charge in [-0.15, -0.1) is 0 Å². The zero-order valence-electron chi connectivity index (χ0n) is 31.3. The maximum Gasteiger partial charge on any atom is 0.499 e. The largest absolute Gasteiger partial charge is 0.499 e. The molecule has 0 radical (unpaired) electrons. The Morgan fingerprint density at radius 2 is 0.660 bits per heavy atom. The monoisotopic (exact) mass is 714 g/mol. The van der Waals surface area contributed by atoms with Crippen LogP contribution in [0.25, 0.3) is 44.2 Å². The van der Waals surface area contributed by atoms with Gasteiger partial charge in [-0.1, -0.05) is 97.1 Å². The van der Waals surface area contributed by atoms with Crippen LogP contribution in [0.15, 0.2) is 128 Å². The van der Waals surface area contributed by atoms with Crippen molar-refractivity contribution in [1.29, 1.82) is 0 Å². The van der Waals surface area contributed by atoms with E-state index in [1.54, 1.807) is 12.1 Å². The van der Waals surface area contributed by atoms with Crippen molar-refractivity contribution in [2.75, 3.05) is 0 Å². The van der Waals surface area contributed by atoms with Gasteiger partial charge in [0, 0.05) is 22.1 Å². The molecule has 2 aliphatic heterocycles. The lowest BCUT2D eigenvalue weighted by Gasteiger charge is -2.32. The highest BCUT2D eigenvalue weighted by atomic mass is 16.7. The van der Waals surface area contributed by atoms with Gasteiger partial charge in [-0.3, -0.25) is 0 Å². The predicted octanol–water partition coefficient (Wildman–Crippen LogP) is 6.69. The lowest BCUT2D eigenvalue weighted by atomic mass is 9.74. The zero-order valence-corrected chi connectivity index (χ0v) is 31.3. The predicted molar refractivity (Wildman–Crippen MR) is 211 cm³/mol. The summed E-state index contributed by atoms with van der Waals surface area (Å²) in [4.78, 5) is 25.1. The van der Waals surface area contributed by atoms with Gasteiger partial charge in [0.1, 0.15) is 11.5 Å². The highest BCUT2D eigenvalue weighted by Gasteiger charge is 2.54. The number of rotatable bonds is 4. The number of fused-ring (bicyclic) bond motifs is 2. The smallest absolute Gasteiger partial charge is 0.423 e. The van der Waals surface area contributed by atoms with E-state index in [1.807, 2.05) is 152 Å². The molecule has 4 aromatic carbocycles. The van der Waals surface area contributed by atoms with Crippen LogP contribution in [0.1, 0.15) is 55.4 Å². The summed E-state index contributed by atoms with van der Waals surface area (Å²) in [5, 5.41) is 2.64. The van der Waals surface area contributed by atoms with E-state index in [0.717, 1.165) is 32.8 Å². The van der Waals surface area contributed by atoms with Gasteiger partial charge in [-0.25, -0.2) is 9.59 Å². The Balaban J connectivity index is 0.000000178. The molecule has 2 saturated heterocycles. The van der Waals surface area contributed by atoms with Crippen molar-refractivity contribution in [1.82, 2.24) is 0 Å². The zero-order chi connectivity index (χ0) is 37.1. The minimum absolute atomic E-state index is 0. The average Bonchev–Trinajstić information content (AvgIpc) is 3.47. The Morgan fingerprint density at radius 1 is 0.396 bits per heavy atom. The SMILES string of the molecule is CC1(C)OB(c2c(-c3ccccc3)oc(=O)c3ccccc23)OC1(C)C.CC1(C)OB(c2c(-c3ccccc3)oc(=O)c3ccccc23)OC1(C)C.O. The summed E-state index contributed by atoms with van der Waals surface area (Å²) in [5.41, 5.74) is 0.493. The van der Waals surface area contributed by atoms with E-state index >= 15 is 0 Å². The van der Waals surface area contributed by atoms with Crippen molar-refractivity contribution < 1.29 is 32.9 Å². The third-order valence-corrected chi connectivity index (χ3v) is 10.8. The average molecular weight is 714 g/mol. The first-order valence-corrected chi connectivity index (χ1v) is 17.5. The molecule has 272 valence electrons. The molecule has 11 heteroatoms. The van der Waals surface area contributed by atoms with Crippen LogP contribution in [-0.4, -0.2) is 42.1 Å². The van der Waals surface area contributed by atoms with Crippen LogP contribution in [0.3, 0.4) is 0 Å². The normalized spacial score (nSPS) is 18.0. The Labute approximate surface area is 309 Å². The molecule has 2 aliphatic rings. The van der Waals surface area contributed by atoms with Gasteiger partial charge in [0.05, 0.1) is 33.2 Å².